The van der Waals surface area contributed by atoms with Gasteiger partial charge in [-0.3, -0.25) is 9.59 Å². The van der Waals surface area contributed by atoms with Crippen LogP contribution >= 0.6 is 11.8 Å². The van der Waals surface area contributed by atoms with Crippen molar-refractivity contribution in [3.05, 3.63) is 57.5 Å². The fourth-order valence-electron chi connectivity index (χ4n) is 2.69. The monoisotopic (exact) mass is 368 g/mol. The van der Waals surface area contributed by atoms with Crippen LogP contribution < -0.4 is 10.9 Å². The number of H-pyrrole nitrogens is 1. The third kappa shape index (κ3) is 4.11. The average molecular weight is 368 g/mol. The van der Waals surface area contributed by atoms with Crippen molar-refractivity contribution in [2.45, 2.75) is 32.3 Å². The van der Waals surface area contributed by atoms with Crippen molar-refractivity contribution in [2.75, 3.05) is 11.1 Å². The summed E-state index contributed by atoms with van der Waals surface area (Å²) >= 11 is 1.18. The summed E-state index contributed by atoms with van der Waals surface area (Å²) in [4.78, 5) is 35.8. The van der Waals surface area contributed by atoms with Crippen LogP contribution in [0.15, 0.2) is 40.3 Å². The molecular formula is C19H20N4O2S. The first-order valence-corrected chi connectivity index (χ1v) is 9.34. The topological polar surface area (TPSA) is 87.7 Å². The van der Waals surface area contributed by atoms with Gasteiger partial charge in [0.2, 0.25) is 5.91 Å². The largest absolute Gasteiger partial charge is 0.325 e. The van der Waals surface area contributed by atoms with E-state index in [4.69, 9.17) is 0 Å². The van der Waals surface area contributed by atoms with E-state index in [0.717, 1.165) is 23.4 Å². The van der Waals surface area contributed by atoms with E-state index in [-0.39, 0.29) is 17.2 Å². The molecule has 0 aliphatic rings. The number of hydrogen-bond acceptors (Lipinski definition) is 5. The molecule has 2 aromatic heterocycles. The molecule has 0 unspecified atom stereocenters. The zero-order chi connectivity index (χ0) is 18.7. The minimum absolute atomic E-state index is 0.148. The summed E-state index contributed by atoms with van der Waals surface area (Å²) in [6, 6.07) is 9.59. The van der Waals surface area contributed by atoms with Crippen LogP contribution in [0.2, 0.25) is 0 Å². The third-order valence-electron chi connectivity index (χ3n) is 3.97. The Morgan fingerprint density at radius 2 is 1.92 bits per heavy atom. The van der Waals surface area contributed by atoms with Crippen molar-refractivity contribution in [1.29, 1.82) is 0 Å². The van der Waals surface area contributed by atoms with Crippen molar-refractivity contribution in [3.8, 4) is 0 Å². The Morgan fingerprint density at radius 1 is 1.19 bits per heavy atom. The molecule has 0 atom stereocenters. The molecule has 0 aliphatic heterocycles. The number of pyridine rings is 1. The number of thioether (sulfide) groups is 1. The molecule has 0 radical (unpaired) electrons. The van der Waals surface area contributed by atoms with Crippen LogP contribution in [0.25, 0.3) is 11.0 Å². The number of amides is 1. The highest BCUT2D eigenvalue weighted by Gasteiger charge is 2.11. The molecule has 1 aromatic carbocycles. The van der Waals surface area contributed by atoms with Gasteiger partial charge in [0.05, 0.1) is 11.1 Å². The minimum atomic E-state index is -0.238. The Balaban J connectivity index is 1.70. The molecule has 0 aliphatic carbocycles. The van der Waals surface area contributed by atoms with Crippen molar-refractivity contribution >= 4 is 34.4 Å². The molecule has 6 nitrogen and oxygen atoms in total. The zero-order valence-corrected chi connectivity index (χ0v) is 15.7. The van der Waals surface area contributed by atoms with Gasteiger partial charge >= 0.3 is 0 Å². The summed E-state index contributed by atoms with van der Waals surface area (Å²) < 4.78 is 0. The van der Waals surface area contributed by atoms with Crippen LogP contribution in [0.4, 0.5) is 5.69 Å². The number of anilines is 1. The zero-order valence-electron chi connectivity index (χ0n) is 14.9. The van der Waals surface area contributed by atoms with Crippen molar-refractivity contribution in [3.63, 3.8) is 0 Å². The lowest BCUT2D eigenvalue weighted by Crippen LogP contribution is -2.16. The summed E-state index contributed by atoms with van der Waals surface area (Å²) in [7, 11) is 0. The van der Waals surface area contributed by atoms with Gasteiger partial charge in [0.25, 0.3) is 5.56 Å². The predicted octanol–water partition coefficient (Wildman–Crippen LogP) is 3.23. The van der Waals surface area contributed by atoms with Crippen LogP contribution in [-0.2, 0) is 11.2 Å². The van der Waals surface area contributed by atoms with Crippen LogP contribution in [0.1, 0.15) is 23.7 Å². The summed E-state index contributed by atoms with van der Waals surface area (Å²) in [5.74, 6) is -0.00947. The van der Waals surface area contributed by atoms with E-state index in [0.29, 0.717) is 16.2 Å². The second-order valence-electron chi connectivity index (χ2n) is 6.04. The molecule has 3 aromatic rings. The van der Waals surface area contributed by atoms with E-state index >= 15 is 0 Å². The molecule has 134 valence electrons. The number of carbonyl (C=O) groups excluding carboxylic acids is 1. The molecule has 0 bridgehead atoms. The number of benzene rings is 1. The van der Waals surface area contributed by atoms with Crippen molar-refractivity contribution in [2.24, 2.45) is 0 Å². The van der Waals surface area contributed by atoms with Crippen molar-refractivity contribution in [1.82, 2.24) is 15.0 Å². The van der Waals surface area contributed by atoms with Crippen molar-refractivity contribution < 1.29 is 4.79 Å². The Labute approximate surface area is 155 Å². The maximum absolute atomic E-state index is 12.3. The Kier molecular flexibility index (Phi) is 5.37. The molecule has 0 saturated carbocycles. The molecular weight excluding hydrogens is 348 g/mol. The number of hydrogen-bond donors (Lipinski definition) is 2. The molecule has 0 saturated heterocycles. The van der Waals surface area contributed by atoms with E-state index in [1.165, 1.54) is 17.3 Å². The third-order valence-corrected chi connectivity index (χ3v) is 4.84. The maximum Gasteiger partial charge on any atom is 0.261 e. The molecule has 3 rings (SSSR count). The van der Waals surface area contributed by atoms with Crippen LogP contribution in [0, 0.1) is 13.8 Å². The van der Waals surface area contributed by atoms with Gasteiger partial charge in [-0.05, 0) is 49.6 Å². The fourth-order valence-corrected chi connectivity index (χ4v) is 3.34. The molecule has 7 heteroatoms. The molecule has 2 N–H and O–H groups in total. The quantitative estimate of drug-likeness (QED) is 0.533. The van der Waals surface area contributed by atoms with Gasteiger partial charge in [-0.25, -0.2) is 9.97 Å². The summed E-state index contributed by atoms with van der Waals surface area (Å²) in [5.41, 5.74) is 3.78. The number of aromatic amines is 1. The van der Waals surface area contributed by atoms with Crippen LogP contribution in [0.3, 0.4) is 0 Å². The number of rotatable bonds is 5. The Bertz CT molecular complexity index is 1010. The fraction of sp³-hybridized carbons (Fsp3) is 0.263. The van der Waals surface area contributed by atoms with Gasteiger partial charge in [0, 0.05) is 11.4 Å². The number of nitrogens with zero attached hydrogens (tertiary/aromatic N) is 2. The SMILES string of the molecule is CCc1ccc(NC(=O)CSc2nc3nc(C)cc(C)c3c(=O)[nH]2)cc1. The van der Waals surface area contributed by atoms with E-state index in [9.17, 15) is 9.59 Å². The number of aryl methyl sites for hydroxylation is 3. The van der Waals surface area contributed by atoms with Gasteiger partial charge in [-0.2, -0.15) is 0 Å². The van der Waals surface area contributed by atoms with Gasteiger partial charge in [-0.1, -0.05) is 30.8 Å². The van der Waals surface area contributed by atoms with E-state index in [2.05, 4.69) is 27.2 Å². The van der Waals surface area contributed by atoms with Gasteiger partial charge < -0.3 is 10.3 Å². The van der Waals surface area contributed by atoms with E-state index in [1.54, 1.807) is 0 Å². The second kappa shape index (κ2) is 7.70. The first-order chi connectivity index (χ1) is 12.5. The number of aromatic nitrogens is 3. The lowest BCUT2D eigenvalue weighted by atomic mass is 10.1. The Hall–Kier alpha value is -2.67. The first kappa shape index (κ1) is 18.1. The highest BCUT2D eigenvalue weighted by Crippen LogP contribution is 2.17. The molecule has 1 amide bonds. The molecule has 26 heavy (non-hydrogen) atoms. The highest BCUT2D eigenvalue weighted by atomic mass is 32.2. The normalized spacial score (nSPS) is 10.9. The highest BCUT2D eigenvalue weighted by molar-refractivity contribution is 7.99. The standard InChI is InChI=1S/C19H20N4O2S/c1-4-13-5-7-14(8-6-13)21-15(24)10-26-19-22-17-16(18(25)23-19)11(2)9-12(3)20-17/h5-9H,4,10H2,1-3H3,(H,21,24)(H,20,22,23,25). The smallest absolute Gasteiger partial charge is 0.261 e. The molecule has 2 heterocycles. The average Bonchev–Trinajstić information content (AvgIpc) is 2.59. The van der Waals surface area contributed by atoms with Gasteiger partial charge in [-0.15, -0.1) is 0 Å². The van der Waals surface area contributed by atoms with Crippen LogP contribution in [-0.4, -0.2) is 26.6 Å². The number of fused-ring (bicyclic) bond motifs is 1. The van der Waals surface area contributed by atoms with Gasteiger partial charge in [0.1, 0.15) is 0 Å². The van der Waals surface area contributed by atoms with E-state index < -0.39 is 0 Å². The number of nitrogens with one attached hydrogen (secondary N) is 2. The Morgan fingerprint density at radius 3 is 2.62 bits per heavy atom. The van der Waals surface area contributed by atoms with Crippen LogP contribution in [0.5, 0.6) is 0 Å². The number of carbonyl (C=O) groups is 1. The minimum Gasteiger partial charge on any atom is -0.325 e. The molecule has 0 spiro atoms. The second-order valence-corrected chi connectivity index (χ2v) is 7.00. The summed E-state index contributed by atoms with van der Waals surface area (Å²) in [6.45, 7) is 5.80. The lowest BCUT2D eigenvalue weighted by Gasteiger charge is -2.07. The molecule has 0 fully saturated rings. The van der Waals surface area contributed by atoms with E-state index in [1.807, 2.05) is 44.2 Å². The summed E-state index contributed by atoms with van der Waals surface area (Å²) in [5, 5.41) is 3.71. The predicted molar refractivity (Wildman–Crippen MR) is 105 cm³/mol. The lowest BCUT2D eigenvalue weighted by molar-refractivity contribution is -0.113. The first-order valence-electron chi connectivity index (χ1n) is 8.36. The maximum atomic E-state index is 12.3. The summed E-state index contributed by atoms with van der Waals surface area (Å²) in [6.07, 6.45) is 0.956. The van der Waals surface area contributed by atoms with Gasteiger partial charge in [0.15, 0.2) is 10.8 Å².